The molecule has 1 aromatic rings. The summed E-state index contributed by atoms with van der Waals surface area (Å²) in [5.74, 6) is -0.437. The van der Waals surface area contributed by atoms with Gasteiger partial charge in [0.15, 0.2) is 0 Å². The molecule has 0 radical (unpaired) electrons. The number of hydrogen-bond donors (Lipinski definition) is 1. The summed E-state index contributed by atoms with van der Waals surface area (Å²) in [7, 11) is 0. The van der Waals surface area contributed by atoms with Gasteiger partial charge in [-0.25, -0.2) is 0 Å². The lowest BCUT2D eigenvalue weighted by Gasteiger charge is -2.04. The highest BCUT2D eigenvalue weighted by Gasteiger charge is 2.08. The Balaban J connectivity index is 3.37. The molecule has 0 heterocycles. The van der Waals surface area contributed by atoms with Crippen molar-refractivity contribution in [3.8, 4) is 0 Å². The summed E-state index contributed by atoms with van der Waals surface area (Å²) < 4.78 is 0.953. The minimum absolute atomic E-state index is 0.437. The van der Waals surface area contributed by atoms with Crippen LogP contribution in [-0.2, 0) is 0 Å². The van der Waals surface area contributed by atoms with Crippen LogP contribution < -0.4 is 5.73 Å². The molecule has 4 heteroatoms. The van der Waals surface area contributed by atoms with Gasteiger partial charge in [0, 0.05) is 14.2 Å². The fraction of sp³-hybridized carbons (Fsp3) is 0.125. The maximum absolute atomic E-state index is 10.9. The molecule has 1 amide bonds. The van der Waals surface area contributed by atoms with Crippen LogP contribution in [0.1, 0.15) is 15.9 Å². The van der Waals surface area contributed by atoms with Crippen LogP contribution in [0.15, 0.2) is 12.1 Å². The standard InChI is InChI=1S/C8H7ClINO/c1-4-6(8(11)12)2-5(9)3-7(4)10/h2-3H,1H3,(H2,11,12). The topological polar surface area (TPSA) is 43.1 Å². The van der Waals surface area contributed by atoms with Crippen LogP contribution in [-0.4, -0.2) is 5.91 Å². The van der Waals surface area contributed by atoms with E-state index < -0.39 is 5.91 Å². The fourth-order valence-electron chi connectivity index (χ4n) is 0.902. The Hall–Kier alpha value is -0.290. The first-order valence-electron chi connectivity index (χ1n) is 3.28. The normalized spacial score (nSPS) is 9.92. The van der Waals surface area contributed by atoms with E-state index in [-0.39, 0.29) is 0 Å². The first-order valence-corrected chi connectivity index (χ1v) is 4.73. The highest BCUT2D eigenvalue weighted by atomic mass is 127. The number of carbonyl (C=O) groups is 1. The van der Waals surface area contributed by atoms with Crippen LogP contribution in [0, 0.1) is 10.5 Å². The summed E-state index contributed by atoms with van der Waals surface area (Å²) >= 11 is 7.87. The van der Waals surface area contributed by atoms with Crippen molar-refractivity contribution in [3.05, 3.63) is 31.9 Å². The van der Waals surface area contributed by atoms with Crippen molar-refractivity contribution < 1.29 is 4.79 Å². The molecule has 0 aromatic heterocycles. The Morgan fingerprint density at radius 2 is 2.17 bits per heavy atom. The van der Waals surface area contributed by atoms with Crippen LogP contribution in [0.3, 0.4) is 0 Å². The molecule has 0 aliphatic heterocycles. The van der Waals surface area contributed by atoms with Crippen molar-refractivity contribution in [2.45, 2.75) is 6.92 Å². The van der Waals surface area contributed by atoms with Crippen molar-refractivity contribution in [2.75, 3.05) is 0 Å². The number of hydrogen-bond acceptors (Lipinski definition) is 1. The third-order valence-electron chi connectivity index (χ3n) is 1.57. The van der Waals surface area contributed by atoms with Crippen LogP contribution in [0.25, 0.3) is 0 Å². The number of rotatable bonds is 1. The van der Waals surface area contributed by atoms with E-state index in [9.17, 15) is 4.79 Å². The largest absolute Gasteiger partial charge is 0.366 e. The zero-order valence-corrected chi connectivity index (χ0v) is 9.31. The average molecular weight is 296 g/mol. The SMILES string of the molecule is Cc1c(I)cc(Cl)cc1C(N)=O. The monoisotopic (exact) mass is 295 g/mol. The van der Waals surface area contributed by atoms with E-state index in [1.54, 1.807) is 12.1 Å². The van der Waals surface area contributed by atoms with Gasteiger partial charge in [-0.2, -0.15) is 0 Å². The van der Waals surface area contributed by atoms with Crippen LogP contribution in [0.2, 0.25) is 5.02 Å². The lowest BCUT2D eigenvalue weighted by Crippen LogP contribution is -2.13. The van der Waals surface area contributed by atoms with E-state index in [0.29, 0.717) is 10.6 Å². The molecular formula is C8H7ClINO. The highest BCUT2D eigenvalue weighted by molar-refractivity contribution is 14.1. The zero-order chi connectivity index (χ0) is 9.30. The second kappa shape index (κ2) is 3.62. The quantitative estimate of drug-likeness (QED) is 0.794. The molecule has 0 saturated carbocycles. The third-order valence-corrected chi connectivity index (χ3v) is 2.91. The van der Waals surface area contributed by atoms with Gasteiger partial charge in [-0.1, -0.05) is 11.6 Å². The summed E-state index contributed by atoms with van der Waals surface area (Å²) in [6.45, 7) is 1.85. The van der Waals surface area contributed by atoms with Crippen molar-refractivity contribution in [1.82, 2.24) is 0 Å². The van der Waals surface area contributed by atoms with Gasteiger partial charge in [0.05, 0.1) is 0 Å². The maximum Gasteiger partial charge on any atom is 0.249 e. The van der Waals surface area contributed by atoms with Crippen molar-refractivity contribution in [2.24, 2.45) is 5.73 Å². The summed E-state index contributed by atoms with van der Waals surface area (Å²) in [6, 6.07) is 3.38. The van der Waals surface area contributed by atoms with E-state index in [4.69, 9.17) is 17.3 Å². The van der Waals surface area contributed by atoms with Crippen LogP contribution in [0.5, 0.6) is 0 Å². The number of benzene rings is 1. The summed E-state index contributed by atoms with van der Waals surface area (Å²) in [4.78, 5) is 10.9. The number of amides is 1. The van der Waals surface area contributed by atoms with Crippen molar-refractivity contribution in [3.63, 3.8) is 0 Å². The number of carbonyl (C=O) groups excluding carboxylic acids is 1. The second-order valence-corrected chi connectivity index (χ2v) is 4.02. The number of halogens is 2. The summed E-state index contributed by atoms with van der Waals surface area (Å²) in [5.41, 5.74) is 6.53. The van der Waals surface area contributed by atoms with Gasteiger partial charge in [-0.3, -0.25) is 4.79 Å². The Morgan fingerprint density at radius 1 is 1.58 bits per heavy atom. The third kappa shape index (κ3) is 1.90. The average Bonchev–Trinajstić information content (AvgIpc) is 1.96. The van der Waals surface area contributed by atoms with Gasteiger partial charge >= 0.3 is 0 Å². The highest BCUT2D eigenvalue weighted by Crippen LogP contribution is 2.21. The Morgan fingerprint density at radius 3 is 2.67 bits per heavy atom. The van der Waals surface area contributed by atoms with Crippen LogP contribution >= 0.6 is 34.2 Å². The molecular weight excluding hydrogens is 288 g/mol. The summed E-state index contributed by atoms with van der Waals surface area (Å²) in [6.07, 6.45) is 0. The van der Waals surface area contributed by atoms with Gasteiger partial charge in [0.1, 0.15) is 0 Å². The van der Waals surface area contributed by atoms with E-state index in [1.807, 2.05) is 6.92 Å². The molecule has 0 bridgehead atoms. The minimum atomic E-state index is -0.437. The molecule has 2 N–H and O–H groups in total. The van der Waals surface area contributed by atoms with Gasteiger partial charge in [-0.15, -0.1) is 0 Å². The van der Waals surface area contributed by atoms with Crippen LogP contribution in [0.4, 0.5) is 0 Å². The van der Waals surface area contributed by atoms with Gasteiger partial charge in [0.25, 0.3) is 0 Å². The second-order valence-electron chi connectivity index (χ2n) is 2.42. The van der Waals surface area contributed by atoms with Gasteiger partial charge < -0.3 is 5.73 Å². The predicted molar refractivity (Wildman–Crippen MR) is 57.4 cm³/mol. The molecule has 0 spiro atoms. The summed E-state index contributed by atoms with van der Waals surface area (Å²) in [5, 5.41) is 0.541. The van der Waals surface area contributed by atoms with Crippen molar-refractivity contribution in [1.29, 1.82) is 0 Å². The molecule has 0 aliphatic rings. The van der Waals surface area contributed by atoms with E-state index >= 15 is 0 Å². The molecule has 1 aromatic carbocycles. The lowest BCUT2D eigenvalue weighted by molar-refractivity contribution is 0.0999. The molecule has 0 fully saturated rings. The molecule has 64 valence electrons. The lowest BCUT2D eigenvalue weighted by atomic mass is 10.1. The molecule has 1 rings (SSSR count). The van der Waals surface area contributed by atoms with Crippen molar-refractivity contribution >= 4 is 40.1 Å². The van der Waals surface area contributed by atoms with E-state index in [0.717, 1.165) is 9.13 Å². The molecule has 12 heavy (non-hydrogen) atoms. The zero-order valence-electron chi connectivity index (χ0n) is 6.40. The van der Waals surface area contributed by atoms with E-state index in [2.05, 4.69) is 22.6 Å². The molecule has 0 unspecified atom stereocenters. The number of primary amides is 1. The Labute approximate surface area is 89.2 Å². The van der Waals surface area contributed by atoms with Gasteiger partial charge in [-0.05, 0) is 47.2 Å². The fourth-order valence-corrected chi connectivity index (χ4v) is 1.93. The molecule has 0 atom stereocenters. The molecule has 0 saturated heterocycles. The first kappa shape index (κ1) is 9.80. The van der Waals surface area contributed by atoms with Gasteiger partial charge in [0.2, 0.25) is 5.91 Å². The maximum atomic E-state index is 10.9. The smallest absolute Gasteiger partial charge is 0.249 e. The van der Waals surface area contributed by atoms with E-state index in [1.165, 1.54) is 0 Å². The molecule has 2 nitrogen and oxygen atoms in total. The Kier molecular flexibility index (Phi) is 2.95. The first-order chi connectivity index (χ1) is 5.52. The predicted octanol–water partition coefficient (Wildman–Crippen LogP) is 2.35. The Bertz CT molecular complexity index is 338. The molecule has 0 aliphatic carbocycles. The minimum Gasteiger partial charge on any atom is -0.366 e. The number of nitrogens with two attached hydrogens (primary N) is 1.